The zero-order valence-corrected chi connectivity index (χ0v) is 21.5. The fraction of sp³-hybridized carbons (Fsp3) is 0.219. The van der Waals surface area contributed by atoms with Crippen LogP contribution in [0, 0.1) is 0 Å². The van der Waals surface area contributed by atoms with Crippen LogP contribution < -0.4 is 4.90 Å². The standard InChI is InChI=1S/C32H30BrNO/c33-30(21-26-7-3-1-4-8-26)32(35)34(23-28-9-5-2-6-10-28)31-22-27-16-15-24-11-13-25(14-12-24)17-19-29(31)20-18-27/h1-14,18,20,22,30H,15-17,19,21,23H2. The van der Waals surface area contributed by atoms with Crippen LogP contribution in [0.3, 0.4) is 0 Å². The maximum absolute atomic E-state index is 14.0. The van der Waals surface area contributed by atoms with Crippen molar-refractivity contribution in [2.45, 2.75) is 43.5 Å². The molecule has 0 aromatic heterocycles. The van der Waals surface area contributed by atoms with Gasteiger partial charge in [0.1, 0.15) is 0 Å². The van der Waals surface area contributed by atoms with Crippen molar-refractivity contribution >= 4 is 27.5 Å². The molecule has 1 atom stereocenters. The van der Waals surface area contributed by atoms with Crippen molar-refractivity contribution < 1.29 is 4.79 Å². The first-order valence-corrected chi connectivity index (χ1v) is 13.3. The molecule has 1 amide bonds. The molecule has 0 saturated heterocycles. The molecular weight excluding hydrogens is 494 g/mol. The number of halogens is 1. The van der Waals surface area contributed by atoms with Crippen LogP contribution in [0.4, 0.5) is 5.69 Å². The summed E-state index contributed by atoms with van der Waals surface area (Å²) in [6.45, 7) is 0.556. The highest BCUT2D eigenvalue weighted by molar-refractivity contribution is 9.10. The quantitative estimate of drug-likeness (QED) is 0.246. The SMILES string of the molecule is O=C(C(Br)Cc1ccccc1)N(Cc1ccccc1)c1cc2ccc1CCc1ccc(cc1)CC2. The molecule has 3 heteroatoms. The van der Waals surface area contributed by atoms with Gasteiger partial charge < -0.3 is 4.90 Å². The van der Waals surface area contributed by atoms with E-state index < -0.39 is 0 Å². The second-order valence-corrected chi connectivity index (χ2v) is 10.5. The van der Waals surface area contributed by atoms with Gasteiger partial charge in [0.05, 0.1) is 11.4 Å². The summed E-state index contributed by atoms with van der Waals surface area (Å²) in [6.07, 6.45) is 4.48. The van der Waals surface area contributed by atoms with Gasteiger partial charge in [-0.3, -0.25) is 4.79 Å². The molecule has 4 aliphatic rings. The van der Waals surface area contributed by atoms with E-state index >= 15 is 0 Å². The lowest BCUT2D eigenvalue weighted by molar-refractivity contribution is -0.118. The second kappa shape index (κ2) is 11.0. The Morgan fingerprint density at radius 3 is 1.89 bits per heavy atom. The zero-order valence-electron chi connectivity index (χ0n) is 19.9. The summed E-state index contributed by atoms with van der Waals surface area (Å²) in [5.74, 6) is 0.103. The highest BCUT2D eigenvalue weighted by Gasteiger charge is 2.26. The lowest BCUT2D eigenvalue weighted by Crippen LogP contribution is -2.38. The molecule has 4 aromatic carbocycles. The molecule has 0 saturated carbocycles. The predicted octanol–water partition coefficient (Wildman–Crippen LogP) is 7.11. The minimum atomic E-state index is -0.296. The largest absolute Gasteiger partial charge is 0.307 e. The molecule has 2 nitrogen and oxygen atoms in total. The normalized spacial score (nSPS) is 13.6. The third-order valence-electron chi connectivity index (χ3n) is 6.82. The first kappa shape index (κ1) is 23.6. The van der Waals surface area contributed by atoms with Gasteiger partial charge in [-0.25, -0.2) is 0 Å². The molecule has 0 N–H and O–H groups in total. The fourth-order valence-electron chi connectivity index (χ4n) is 4.79. The van der Waals surface area contributed by atoms with E-state index in [0.29, 0.717) is 13.0 Å². The van der Waals surface area contributed by atoms with E-state index in [1.54, 1.807) is 0 Å². The van der Waals surface area contributed by atoms with Crippen molar-refractivity contribution in [3.63, 3.8) is 0 Å². The minimum Gasteiger partial charge on any atom is -0.307 e. The van der Waals surface area contributed by atoms with E-state index in [4.69, 9.17) is 0 Å². The van der Waals surface area contributed by atoms with Crippen LogP contribution in [0.1, 0.15) is 33.4 Å². The van der Waals surface area contributed by atoms with Gasteiger partial charge in [0.15, 0.2) is 0 Å². The Balaban J connectivity index is 1.50. The zero-order chi connectivity index (χ0) is 24.0. The van der Waals surface area contributed by atoms with Crippen molar-refractivity contribution in [3.8, 4) is 0 Å². The van der Waals surface area contributed by atoms with Gasteiger partial charge >= 0.3 is 0 Å². The van der Waals surface area contributed by atoms with Crippen molar-refractivity contribution in [3.05, 3.63) is 137 Å². The van der Waals surface area contributed by atoms with Gasteiger partial charge in [-0.05, 0) is 71.6 Å². The van der Waals surface area contributed by atoms with Gasteiger partial charge in [0.2, 0.25) is 5.91 Å². The Morgan fingerprint density at radius 2 is 1.23 bits per heavy atom. The van der Waals surface area contributed by atoms with Crippen LogP contribution in [0.25, 0.3) is 0 Å². The highest BCUT2D eigenvalue weighted by atomic mass is 79.9. The highest BCUT2D eigenvalue weighted by Crippen LogP contribution is 2.29. The monoisotopic (exact) mass is 523 g/mol. The predicted molar refractivity (Wildman–Crippen MR) is 148 cm³/mol. The number of hydrogen-bond donors (Lipinski definition) is 0. The summed E-state index contributed by atoms with van der Waals surface area (Å²) in [6, 6.07) is 36.3. The van der Waals surface area contributed by atoms with E-state index in [1.807, 2.05) is 41.3 Å². The smallest absolute Gasteiger partial charge is 0.241 e. The van der Waals surface area contributed by atoms with E-state index in [9.17, 15) is 4.79 Å². The summed E-state index contributed by atoms with van der Waals surface area (Å²) < 4.78 is 0. The minimum absolute atomic E-state index is 0.103. The molecule has 0 aliphatic heterocycles. The Labute approximate surface area is 216 Å². The number of nitrogens with zero attached hydrogens (tertiary/aromatic N) is 1. The van der Waals surface area contributed by atoms with Gasteiger partial charge in [-0.1, -0.05) is 113 Å². The second-order valence-electron chi connectivity index (χ2n) is 9.35. The molecule has 176 valence electrons. The van der Waals surface area contributed by atoms with Gasteiger partial charge in [-0.2, -0.15) is 0 Å². The molecule has 1 unspecified atom stereocenters. The van der Waals surface area contributed by atoms with Gasteiger partial charge in [0.25, 0.3) is 0 Å². The first-order chi connectivity index (χ1) is 17.2. The number of aryl methyl sites for hydroxylation is 4. The third-order valence-corrected chi connectivity index (χ3v) is 7.54. The Bertz CT molecular complexity index is 1270. The summed E-state index contributed by atoms with van der Waals surface area (Å²) in [5.41, 5.74) is 8.53. The summed E-state index contributed by atoms with van der Waals surface area (Å²) in [4.78, 5) is 15.7. The fourth-order valence-corrected chi connectivity index (χ4v) is 5.41. The van der Waals surface area contributed by atoms with E-state index in [2.05, 4.69) is 82.7 Å². The number of carbonyl (C=O) groups excluding carboxylic acids is 1. The molecule has 8 rings (SSSR count). The maximum atomic E-state index is 14.0. The lowest BCUT2D eigenvalue weighted by atomic mass is 9.94. The van der Waals surface area contributed by atoms with Crippen LogP contribution in [0.15, 0.2) is 103 Å². The molecule has 0 spiro atoms. The number of anilines is 1. The summed E-state index contributed by atoms with van der Waals surface area (Å²) >= 11 is 3.75. The van der Waals surface area contributed by atoms with Crippen molar-refractivity contribution in [1.29, 1.82) is 0 Å². The summed E-state index contributed by atoms with van der Waals surface area (Å²) in [7, 11) is 0. The number of hydrogen-bond acceptors (Lipinski definition) is 1. The van der Waals surface area contributed by atoms with Gasteiger partial charge in [0, 0.05) is 5.69 Å². The van der Waals surface area contributed by atoms with Crippen LogP contribution >= 0.6 is 15.9 Å². The molecule has 0 radical (unpaired) electrons. The maximum Gasteiger partial charge on any atom is 0.241 e. The van der Waals surface area contributed by atoms with Crippen LogP contribution in [-0.2, 0) is 43.4 Å². The number of alkyl halides is 1. The van der Waals surface area contributed by atoms with E-state index in [0.717, 1.165) is 42.5 Å². The van der Waals surface area contributed by atoms with Crippen LogP contribution in [0.5, 0.6) is 0 Å². The molecule has 0 heterocycles. The summed E-state index contributed by atoms with van der Waals surface area (Å²) in [5, 5.41) is 0. The topological polar surface area (TPSA) is 20.3 Å². The number of benzene rings is 4. The lowest BCUT2D eigenvalue weighted by Gasteiger charge is -2.29. The number of carbonyl (C=O) groups is 1. The first-order valence-electron chi connectivity index (χ1n) is 12.4. The van der Waals surface area contributed by atoms with Crippen molar-refractivity contribution in [1.82, 2.24) is 0 Å². The number of rotatable bonds is 6. The average molecular weight is 525 g/mol. The molecule has 4 bridgehead atoms. The molecule has 4 aromatic rings. The molecule has 0 fully saturated rings. The van der Waals surface area contributed by atoms with E-state index in [1.165, 1.54) is 22.3 Å². The third kappa shape index (κ3) is 5.91. The van der Waals surface area contributed by atoms with Crippen LogP contribution in [0.2, 0.25) is 0 Å². The van der Waals surface area contributed by atoms with Crippen molar-refractivity contribution in [2.75, 3.05) is 4.90 Å². The van der Waals surface area contributed by atoms with E-state index in [-0.39, 0.29) is 10.7 Å². The van der Waals surface area contributed by atoms with Crippen molar-refractivity contribution in [2.24, 2.45) is 0 Å². The Morgan fingerprint density at radius 1 is 0.686 bits per heavy atom. The van der Waals surface area contributed by atoms with Crippen LogP contribution in [-0.4, -0.2) is 10.7 Å². The Hall–Kier alpha value is -3.17. The van der Waals surface area contributed by atoms with Gasteiger partial charge in [-0.15, -0.1) is 0 Å². The molecule has 35 heavy (non-hydrogen) atoms. The average Bonchev–Trinajstić information content (AvgIpc) is 2.89. The Kier molecular flexibility index (Phi) is 7.44. The molecule has 4 aliphatic carbocycles. The molecular formula is C32H30BrNO. The number of amides is 1.